The zero-order valence-corrected chi connectivity index (χ0v) is 15.8. The summed E-state index contributed by atoms with van der Waals surface area (Å²) in [6, 6.07) is 15.3. The molecule has 0 bridgehead atoms. The Hall–Kier alpha value is -2.33. The Labute approximate surface area is 159 Å². The molecule has 0 saturated carbocycles. The first-order valence-corrected chi connectivity index (χ1v) is 9.55. The summed E-state index contributed by atoms with van der Waals surface area (Å²) >= 11 is 6.09. The Kier molecular flexibility index (Phi) is 6.29. The van der Waals surface area contributed by atoms with Crippen molar-refractivity contribution in [1.82, 2.24) is 14.9 Å². The second kappa shape index (κ2) is 8.86. The summed E-state index contributed by atoms with van der Waals surface area (Å²) in [6.45, 7) is 3.69. The molecule has 1 N–H and O–H groups in total. The van der Waals surface area contributed by atoms with Crippen molar-refractivity contribution in [3.05, 3.63) is 64.9 Å². The molecule has 2 aromatic carbocycles. The predicted octanol–water partition coefficient (Wildman–Crippen LogP) is 4.85. The molecule has 3 aromatic rings. The maximum Gasteiger partial charge on any atom is 0.252 e. The normalized spacial score (nSPS) is 11.0. The van der Waals surface area contributed by atoms with Crippen LogP contribution in [0.3, 0.4) is 0 Å². The topological polar surface area (TPSA) is 46.9 Å². The van der Waals surface area contributed by atoms with E-state index in [1.165, 1.54) is 12.8 Å². The third-order valence-electron chi connectivity index (χ3n) is 4.47. The van der Waals surface area contributed by atoms with Crippen molar-refractivity contribution in [2.45, 2.75) is 39.2 Å². The van der Waals surface area contributed by atoms with E-state index < -0.39 is 0 Å². The highest BCUT2D eigenvalue weighted by Crippen LogP contribution is 2.18. The van der Waals surface area contributed by atoms with Gasteiger partial charge in [0.15, 0.2) is 0 Å². The number of amides is 1. The number of aryl methyl sites for hydroxylation is 1. The van der Waals surface area contributed by atoms with E-state index in [1.54, 1.807) is 12.1 Å². The lowest BCUT2D eigenvalue weighted by atomic mass is 10.2. The van der Waals surface area contributed by atoms with Crippen LogP contribution in [0.4, 0.5) is 0 Å². The van der Waals surface area contributed by atoms with E-state index in [-0.39, 0.29) is 5.91 Å². The Morgan fingerprint density at radius 2 is 1.88 bits per heavy atom. The van der Waals surface area contributed by atoms with E-state index in [0.717, 1.165) is 29.8 Å². The van der Waals surface area contributed by atoms with Crippen molar-refractivity contribution >= 4 is 28.5 Å². The van der Waals surface area contributed by atoms with Crippen LogP contribution < -0.4 is 5.32 Å². The van der Waals surface area contributed by atoms with Crippen molar-refractivity contribution in [3.8, 4) is 0 Å². The van der Waals surface area contributed by atoms with Gasteiger partial charge in [0.2, 0.25) is 0 Å². The molecule has 0 atom stereocenters. The smallest absolute Gasteiger partial charge is 0.252 e. The summed E-state index contributed by atoms with van der Waals surface area (Å²) in [5.74, 6) is 0.867. The van der Waals surface area contributed by atoms with Crippen LogP contribution in [0.5, 0.6) is 0 Å². The van der Waals surface area contributed by atoms with E-state index >= 15 is 0 Å². The summed E-state index contributed by atoms with van der Waals surface area (Å²) in [4.78, 5) is 17.1. The van der Waals surface area contributed by atoms with Gasteiger partial charge in [0.25, 0.3) is 5.91 Å². The number of nitrogens with zero attached hydrogens (tertiary/aromatic N) is 2. The molecule has 1 amide bonds. The van der Waals surface area contributed by atoms with Gasteiger partial charge < -0.3 is 9.88 Å². The van der Waals surface area contributed by atoms with Crippen LogP contribution in [-0.2, 0) is 13.0 Å². The van der Waals surface area contributed by atoms with E-state index in [1.807, 2.05) is 30.3 Å². The van der Waals surface area contributed by atoms with Gasteiger partial charge in [0.1, 0.15) is 5.82 Å². The van der Waals surface area contributed by atoms with Gasteiger partial charge in [-0.25, -0.2) is 4.98 Å². The number of benzene rings is 2. The maximum atomic E-state index is 12.3. The van der Waals surface area contributed by atoms with Crippen LogP contribution in [0.2, 0.25) is 5.02 Å². The molecular formula is C21H24ClN3O. The number of aromatic nitrogens is 2. The summed E-state index contributed by atoms with van der Waals surface area (Å²) in [5, 5.41) is 3.42. The van der Waals surface area contributed by atoms with Crippen molar-refractivity contribution in [2.75, 3.05) is 6.54 Å². The van der Waals surface area contributed by atoms with Gasteiger partial charge in [-0.1, -0.05) is 55.6 Å². The van der Waals surface area contributed by atoms with E-state index in [0.29, 0.717) is 23.6 Å². The minimum absolute atomic E-state index is 0.149. The fourth-order valence-corrected chi connectivity index (χ4v) is 3.34. The minimum Gasteiger partial charge on any atom is -0.352 e. The highest BCUT2D eigenvalue weighted by molar-refractivity contribution is 6.33. The number of hydrogen-bond acceptors (Lipinski definition) is 2. The number of fused-ring (bicyclic) bond motifs is 1. The average molecular weight is 370 g/mol. The van der Waals surface area contributed by atoms with E-state index in [2.05, 4.69) is 22.9 Å². The lowest BCUT2D eigenvalue weighted by molar-refractivity contribution is 0.0954. The number of nitrogens with one attached hydrogen (secondary N) is 1. The number of carbonyl (C=O) groups is 1. The molecule has 1 aromatic heterocycles. The molecule has 0 saturated heterocycles. The first kappa shape index (κ1) is 18.5. The highest BCUT2D eigenvalue weighted by Gasteiger charge is 2.12. The van der Waals surface area contributed by atoms with Gasteiger partial charge in [-0.3, -0.25) is 4.79 Å². The Balaban J connectivity index is 1.69. The molecule has 0 unspecified atom stereocenters. The zero-order chi connectivity index (χ0) is 18.4. The third kappa shape index (κ3) is 4.25. The lowest BCUT2D eigenvalue weighted by Gasteiger charge is -2.10. The molecule has 0 aliphatic carbocycles. The average Bonchev–Trinajstić information content (AvgIpc) is 3.00. The molecule has 0 radical (unpaired) electrons. The fourth-order valence-electron chi connectivity index (χ4n) is 3.11. The first-order chi connectivity index (χ1) is 12.7. The van der Waals surface area contributed by atoms with E-state index in [9.17, 15) is 4.79 Å². The van der Waals surface area contributed by atoms with Gasteiger partial charge in [-0.2, -0.15) is 0 Å². The molecule has 0 fully saturated rings. The highest BCUT2D eigenvalue weighted by atomic mass is 35.5. The van der Waals surface area contributed by atoms with Gasteiger partial charge >= 0.3 is 0 Å². The number of imidazole rings is 1. The Morgan fingerprint density at radius 1 is 1.12 bits per heavy atom. The van der Waals surface area contributed by atoms with Crippen molar-refractivity contribution in [2.24, 2.45) is 0 Å². The quantitative estimate of drug-likeness (QED) is 0.577. The Morgan fingerprint density at radius 3 is 2.69 bits per heavy atom. The fraction of sp³-hybridized carbons (Fsp3) is 0.333. The van der Waals surface area contributed by atoms with Crippen LogP contribution in [0.15, 0.2) is 48.5 Å². The second-order valence-corrected chi connectivity index (χ2v) is 6.77. The number of para-hydroxylation sites is 2. The van der Waals surface area contributed by atoms with Gasteiger partial charge in [0, 0.05) is 19.5 Å². The molecule has 136 valence electrons. The molecule has 4 nitrogen and oxygen atoms in total. The lowest BCUT2D eigenvalue weighted by Crippen LogP contribution is -2.26. The zero-order valence-electron chi connectivity index (χ0n) is 15.0. The number of unbranched alkanes of at least 4 members (excludes halogenated alkanes) is 2. The second-order valence-electron chi connectivity index (χ2n) is 6.36. The number of halogens is 1. The summed E-state index contributed by atoms with van der Waals surface area (Å²) in [7, 11) is 0. The molecular weight excluding hydrogens is 346 g/mol. The maximum absolute atomic E-state index is 12.3. The molecule has 1 heterocycles. The first-order valence-electron chi connectivity index (χ1n) is 9.17. The van der Waals surface area contributed by atoms with Gasteiger partial charge in [0.05, 0.1) is 21.6 Å². The number of carbonyl (C=O) groups excluding carboxylic acids is 1. The van der Waals surface area contributed by atoms with Gasteiger partial charge in [-0.05, 0) is 30.7 Å². The van der Waals surface area contributed by atoms with Crippen LogP contribution in [0.25, 0.3) is 11.0 Å². The number of rotatable bonds is 8. The number of hydrogen-bond donors (Lipinski definition) is 1. The van der Waals surface area contributed by atoms with Crippen LogP contribution >= 0.6 is 11.6 Å². The largest absolute Gasteiger partial charge is 0.352 e. The van der Waals surface area contributed by atoms with Crippen molar-refractivity contribution in [3.63, 3.8) is 0 Å². The molecule has 0 spiro atoms. The molecule has 0 aliphatic rings. The minimum atomic E-state index is -0.149. The molecule has 3 rings (SSSR count). The molecule has 5 heteroatoms. The third-order valence-corrected chi connectivity index (χ3v) is 4.80. The van der Waals surface area contributed by atoms with Crippen molar-refractivity contribution < 1.29 is 4.79 Å². The SMILES string of the molecule is CCCCCn1c(CCNC(=O)c2ccccc2Cl)nc2ccccc21. The Bertz CT molecular complexity index is 888. The summed E-state index contributed by atoms with van der Waals surface area (Å²) in [5.41, 5.74) is 2.68. The molecule has 0 aliphatic heterocycles. The standard InChI is InChI=1S/C21H24ClN3O/c1-2-3-8-15-25-19-12-7-6-11-18(19)24-20(25)13-14-23-21(26)16-9-4-5-10-17(16)22/h4-7,9-12H,2-3,8,13-15H2,1H3,(H,23,26). The van der Waals surface area contributed by atoms with Crippen LogP contribution in [0, 0.1) is 0 Å². The predicted molar refractivity (Wildman–Crippen MR) is 107 cm³/mol. The van der Waals surface area contributed by atoms with Crippen LogP contribution in [0.1, 0.15) is 42.4 Å². The van der Waals surface area contributed by atoms with Gasteiger partial charge in [-0.15, -0.1) is 0 Å². The summed E-state index contributed by atoms with van der Waals surface area (Å²) in [6.07, 6.45) is 4.22. The van der Waals surface area contributed by atoms with E-state index in [4.69, 9.17) is 16.6 Å². The van der Waals surface area contributed by atoms with Crippen LogP contribution in [-0.4, -0.2) is 22.0 Å². The summed E-state index contributed by atoms with van der Waals surface area (Å²) < 4.78 is 2.28. The monoisotopic (exact) mass is 369 g/mol. The molecule has 26 heavy (non-hydrogen) atoms. The van der Waals surface area contributed by atoms with Crippen molar-refractivity contribution in [1.29, 1.82) is 0 Å².